The molecule has 1 aliphatic carbocycles. The highest BCUT2D eigenvalue weighted by Crippen LogP contribution is 2.37. The molecular weight excluding hydrogens is 248 g/mol. The van der Waals surface area contributed by atoms with Crippen LogP contribution in [0.2, 0.25) is 0 Å². The largest absolute Gasteiger partial charge is 0.397 e. The first kappa shape index (κ1) is 11.8. The van der Waals surface area contributed by atoms with E-state index in [9.17, 15) is 14.4 Å². The molecule has 100 valence electrons. The molecule has 1 saturated heterocycles. The van der Waals surface area contributed by atoms with Gasteiger partial charge in [0.2, 0.25) is 11.8 Å². The maximum atomic E-state index is 12.4. The molecule has 0 bridgehead atoms. The predicted octanol–water partition coefficient (Wildman–Crippen LogP) is -0.496. The number of carbonyl (C=O) groups excluding carboxylic acids is 3. The Balaban J connectivity index is 1.87. The van der Waals surface area contributed by atoms with Gasteiger partial charge in [0, 0.05) is 12.2 Å². The van der Waals surface area contributed by atoms with Crippen molar-refractivity contribution in [1.29, 1.82) is 0 Å². The van der Waals surface area contributed by atoms with Crippen molar-refractivity contribution in [2.75, 3.05) is 18.8 Å². The maximum absolute atomic E-state index is 12.4. The van der Waals surface area contributed by atoms with Gasteiger partial charge in [-0.25, -0.2) is 0 Å². The minimum absolute atomic E-state index is 0.0969. The number of anilines is 1. The molecule has 1 aliphatic heterocycles. The van der Waals surface area contributed by atoms with E-state index < -0.39 is 11.8 Å². The molecule has 3 N–H and O–H groups in total. The average Bonchev–Trinajstić information content (AvgIpc) is 3.10. The Kier molecular flexibility index (Phi) is 2.55. The SMILES string of the molecule is Nc1cc(C(=O)N2CC(=O)NC(=O)C2)n(C2CC2)c1. The van der Waals surface area contributed by atoms with Gasteiger partial charge < -0.3 is 15.2 Å². The van der Waals surface area contributed by atoms with Gasteiger partial charge in [-0.3, -0.25) is 19.7 Å². The van der Waals surface area contributed by atoms with Crippen LogP contribution >= 0.6 is 0 Å². The molecule has 0 aromatic carbocycles. The third-order valence-corrected chi connectivity index (χ3v) is 3.26. The standard InChI is InChI=1S/C12H14N4O3/c13-7-3-9(16(4-7)8-1-2-8)12(19)15-5-10(17)14-11(18)6-15/h3-4,8H,1-2,5-6,13H2,(H,14,17,18). The number of aromatic nitrogens is 1. The predicted molar refractivity (Wildman–Crippen MR) is 66.2 cm³/mol. The first-order chi connectivity index (χ1) is 9.04. The zero-order chi connectivity index (χ0) is 13.6. The van der Waals surface area contributed by atoms with E-state index in [-0.39, 0.29) is 19.0 Å². The van der Waals surface area contributed by atoms with Crippen molar-refractivity contribution in [2.24, 2.45) is 0 Å². The molecule has 2 aliphatic rings. The van der Waals surface area contributed by atoms with Gasteiger partial charge in [0.05, 0.1) is 5.69 Å². The number of rotatable bonds is 2. The second-order valence-electron chi connectivity index (χ2n) is 4.93. The number of nitrogens with two attached hydrogens (primary N) is 1. The summed E-state index contributed by atoms with van der Waals surface area (Å²) in [4.78, 5) is 36.2. The summed E-state index contributed by atoms with van der Waals surface area (Å²) in [5, 5.41) is 2.17. The lowest BCUT2D eigenvalue weighted by atomic mass is 10.3. The normalized spacial score (nSPS) is 19.5. The van der Waals surface area contributed by atoms with Gasteiger partial charge in [0.15, 0.2) is 0 Å². The maximum Gasteiger partial charge on any atom is 0.271 e. The van der Waals surface area contributed by atoms with Gasteiger partial charge in [-0.2, -0.15) is 0 Å². The molecule has 0 radical (unpaired) electrons. The third-order valence-electron chi connectivity index (χ3n) is 3.26. The lowest BCUT2D eigenvalue weighted by Gasteiger charge is -2.25. The second kappa shape index (κ2) is 4.11. The molecule has 19 heavy (non-hydrogen) atoms. The molecule has 3 amide bonds. The smallest absolute Gasteiger partial charge is 0.271 e. The van der Waals surface area contributed by atoms with Crippen LogP contribution in [-0.2, 0) is 9.59 Å². The van der Waals surface area contributed by atoms with Crippen LogP contribution in [0.25, 0.3) is 0 Å². The number of nitrogens with one attached hydrogen (secondary N) is 1. The second-order valence-corrected chi connectivity index (χ2v) is 4.93. The Bertz CT molecular complexity index is 558. The lowest BCUT2D eigenvalue weighted by Crippen LogP contribution is -2.53. The molecule has 2 fully saturated rings. The highest BCUT2D eigenvalue weighted by atomic mass is 16.2. The van der Waals surface area contributed by atoms with Crippen LogP contribution in [0.5, 0.6) is 0 Å². The molecule has 7 nitrogen and oxygen atoms in total. The Morgan fingerprint density at radius 2 is 1.89 bits per heavy atom. The summed E-state index contributed by atoms with van der Waals surface area (Å²) in [5.41, 5.74) is 6.69. The first-order valence-electron chi connectivity index (χ1n) is 6.14. The van der Waals surface area contributed by atoms with Crippen LogP contribution < -0.4 is 11.1 Å². The zero-order valence-electron chi connectivity index (χ0n) is 10.3. The van der Waals surface area contributed by atoms with E-state index in [1.807, 2.05) is 4.57 Å². The Labute approximate surface area is 109 Å². The topological polar surface area (TPSA) is 97.4 Å². The Morgan fingerprint density at radius 1 is 1.26 bits per heavy atom. The number of hydrogen-bond donors (Lipinski definition) is 2. The first-order valence-corrected chi connectivity index (χ1v) is 6.14. The number of nitrogen functional groups attached to an aromatic ring is 1. The van der Waals surface area contributed by atoms with E-state index in [2.05, 4.69) is 5.32 Å². The number of amides is 3. The van der Waals surface area contributed by atoms with Crippen molar-refractivity contribution in [1.82, 2.24) is 14.8 Å². The molecule has 0 spiro atoms. The van der Waals surface area contributed by atoms with Gasteiger partial charge in [-0.15, -0.1) is 0 Å². The van der Waals surface area contributed by atoms with Crippen molar-refractivity contribution < 1.29 is 14.4 Å². The van der Waals surface area contributed by atoms with Crippen LogP contribution in [0, 0.1) is 0 Å². The highest BCUT2D eigenvalue weighted by Gasteiger charge is 2.32. The molecule has 7 heteroatoms. The number of hydrogen-bond acceptors (Lipinski definition) is 4. The molecule has 0 unspecified atom stereocenters. The van der Waals surface area contributed by atoms with Crippen molar-refractivity contribution in [3.8, 4) is 0 Å². The molecule has 3 rings (SSSR count). The van der Waals surface area contributed by atoms with Gasteiger partial charge in [-0.1, -0.05) is 0 Å². The average molecular weight is 262 g/mol. The fraction of sp³-hybridized carbons (Fsp3) is 0.417. The summed E-state index contributed by atoms with van der Waals surface area (Å²) in [5.74, 6) is -1.24. The van der Waals surface area contributed by atoms with Crippen LogP contribution in [0.3, 0.4) is 0 Å². The van der Waals surface area contributed by atoms with Gasteiger partial charge in [0.1, 0.15) is 18.8 Å². The minimum Gasteiger partial charge on any atom is -0.397 e. The van der Waals surface area contributed by atoms with E-state index in [4.69, 9.17) is 5.73 Å². The van der Waals surface area contributed by atoms with Crippen LogP contribution in [-0.4, -0.2) is 40.3 Å². The molecular formula is C12H14N4O3. The zero-order valence-corrected chi connectivity index (χ0v) is 10.3. The van der Waals surface area contributed by atoms with Crippen LogP contribution in [0.15, 0.2) is 12.3 Å². The van der Waals surface area contributed by atoms with E-state index >= 15 is 0 Å². The molecule has 1 saturated carbocycles. The fourth-order valence-electron chi connectivity index (χ4n) is 2.27. The van der Waals surface area contributed by atoms with Crippen LogP contribution in [0.1, 0.15) is 29.4 Å². The number of imide groups is 1. The highest BCUT2D eigenvalue weighted by molar-refractivity contribution is 6.05. The summed E-state index contributed by atoms with van der Waals surface area (Å²) in [6, 6.07) is 1.91. The van der Waals surface area contributed by atoms with Crippen LogP contribution in [0.4, 0.5) is 5.69 Å². The van der Waals surface area contributed by atoms with E-state index in [1.165, 1.54) is 4.90 Å². The van der Waals surface area contributed by atoms with Gasteiger partial charge in [0.25, 0.3) is 5.91 Å². The molecule has 0 atom stereocenters. The van der Waals surface area contributed by atoms with Crippen molar-refractivity contribution in [3.05, 3.63) is 18.0 Å². The van der Waals surface area contributed by atoms with Crippen molar-refractivity contribution >= 4 is 23.4 Å². The summed E-state index contributed by atoms with van der Waals surface area (Å²) in [7, 11) is 0. The molecule has 1 aromatic heterocycles. The Hall–Kier alpha value is -2.31. The van der Waals surface area contributed by atoms with Gasteiger partial charge in [-0.05, 0) is 18.9 Å². The monoisotopic (exact) mass is 262 g/mol. The number of nitrogens with zero attached hydrogens (tertiary/aromatic N) is 2. The third kappa shape index (κ3) is 2.18. The Morgan fingerprint density at radius 3 is 2.47 bits per heavy atom. The molecule has 1 aromatic rings. The van der Waals surface area contributed by atoms with Crippen molar-refractivity contribution in [2.45, 2.75) is 18.9 Å². The number of carbonyl (C=O) groups is 3. The summed E-state index contributed by atoms with van der Waals surface area (Å²) in [6.07, 6.45) is 3.78. The van der Waals surface area contributed by atoms with E-state index in [0.717, 1.165) is 12.8 Å². The minimum atomic E-state index is -0.456. The molecule has 2 heterocycles. The quantitative estimate of drug-likeness (QED) is 0.702. The van der Waals surface area contributed by atoms with E-state index in [1.54, 1.807) is 12.3 Å². The van der Waals surface area contributed by atoms with Gasteiger partial charge >= 0.3 is 0 Å². The lowest BCUT2D eigenvalue weighted by molar-refractivity contribution is -0.135. The fourth-order valence-corrected chi connectivity index (χ4v) is 2.27. The summed E-state index contributed by atoms with van der Waals surface area (Å²) < 4.78 is 1.84. The summed E-state index contributed by atoms with van der Waals surface area (Å²) in [6.45, 7) is -0.194. The van der Waals surface area contributed by atoms with E-state index in [0.29, 0.717) is 17.4 Å². The van der Waals surface area contributed by atoms with Crippen molar-refractivity contribution in [3.63, 3.8) is 0 Å². The summed E-state index contributed by atoms with van der Waals surface area (Å²) >= 11 is 0. The number of piperazine rings is 1.